The van der Waals surface area contributed by atoms with Gasteiger partial charge in [0.1, 0.15) is 0 Å². The van der Waals surface area contributed by atoms with E-state index < -0.39 is 0 Å². The van der Waals surface area contributed by atoms with Gasteiger partial charge in [-0.05, 0) is 62.5 Å². The van der Waals surface area contributed by atoms with E-state index in [1.54, 1.807) is 0 Å². The second-order valence-corrected chi connectivity index (χ2v) is 9.25. The quantitative estimate of drug-likeness (QED) is 0.847. The minimum absolute atomic E-state index is 0.240. The molecule has 2 heterocycles. The van der Waals surface area contributed by atoms with Gasteiger partial charge in [0.05, 0.1) is 6.04 Å². The molecule has 2 N–H and O–H groups in total. The predicted octanol–water partition coefficient (Wildman–Crippen LogP) is 3.45. The van der Waals surface area contributed by atoms with E-state index in [1.807, 2.05) is 0 Å². The van der Waals surface area contributed by atoms with E-state index in [9.17, 15) is 4.79 Å². The maximum atomic E-state index is 13.3. The number of nitrogens with two attached hydrogens (primary N) is 1. The van der Waals surface area contributed by atoms with Crippen LogP contribution in [-0.4, -0.2) is 54.0 Å². The summed E-state index contributed by atoms with van der Waals surface area (Å²) < 4.78 is 0. The molecule has 154 valence electrons. The first-order valence-electron chi connectivity index (χ1n) is 11.5. The Morgan fingerprint density at radius 1 is 1.00 bits per heavy atom. The van der Waals surface area contributed by atoms with Gasteiger partial charge in [0.15, 0.2) is 0 Å². The molecule has 3 fully saturated rings. The lowest BCUT2D eigenvalue weighted by molar-refractivity contribution is -0.135. The molecule has 2 unspecified atom stereocenters. The third-order valence-electron chi connectivity index (χ3n) is 7.47. The molecule has 1 aromatic rings. The number of fused-ring (bicyclic) bond motifs is 1. The normalized spacial score (nSPS) is 28.0. The molecule has 3 atom stereocenters. The molecule has 28 heavy (non-hydrogen) atoms. The summed E-state index contributed by atoms with van der Waals surface area (Å²) >= 11 is 0. The van der Waals surface area contributed by atoms with Crippen LogP contribution >= 0.6 is 0 Å². The number of nitrogens with zero attached hydrogens (tertiary/aromatic N) is 2. The Hall–Kier alpha value is -1.39. The van der Waals surface area contributed by atoms with Crippen LogP contribution in [0.4, 0.5) is 0 Å². The molecule has 0 aromatic heterocycles. The fourth-order valence-electron chi connectivity index (χ4n) is 5.73. The highest BCUT2D eigenvalue weighted by molar-refractivity contribution is 5.82. The van der Waals surface area contributed by atoms with E-state index in [4.69, 9.17) is 5.73 Å². The molecule has 0 bridgehead atoms. The van der Waals surface area contributed by atoms with Crippen molar-refractivity contribution >= 4 is 5.91 Å². The molecule has 4 nitrogen and oxygen atoms in total. The van der Waals surface area contributed by atoms with Crippen LogP contribution in [0.2, 0.25) is 0 Å². The smallest absolute Gasteiger partial charge is 0.240 e. The topological polar surface area (TPSA) is 49.6 Å². The summed E-state index contributed by atoms with van der Waals surface area (Å²) in [5, 5.41) is 0. The fraction of sp³-hybridized carbons (Fsp3) is 0.708. The SMILES string of the molecule is NC(C(=O)N1CCC2CCCN(CCc3ccccc3)C[C@H]21)C1CCCCC1. The summed E-state index contributed by atoms with van der Waals surface area (Å²) in [6.45, 7) is 4.20. The Morgan fingerprint density at radius 2 is 1.79 bits per heavy atom. The maximum absolute atomic E-state index is 13.3. The highest BCUT2D eigenvalue weighted by Crippen LogP contribution is 2.33. The zero-order chi connectivity index (χ0) is 19.3. The molecule has 2 saturated heterocycles. The van der Waals surface area contributed by atoms with Crippen LogP contribution in [0.15, 0.2) is 30.3 Å². The van der Waals surface area contributed by atoms with E-state index in [0.29, 0.717) is 17.9 Å². The van der Waals surface area contributed by atoms with Crippen LogP contribution in [-0.2, 0) is 11.2 Å². The first-order chi connectivity index (χ1) is 13.7. The zero-order valence-corrected chi connectivity index (χ0v) is 17.3. The average Bonchev–Trinajstić information content (AvgIpc) is 3.03. The number of carbonyl (C=O) groups excluding carboxylic acids is 1. The summed E-state index contributed by atoms with van der Waals surface area (Å²) in [4.78, 5) is 18.1. The van der Waals surface area contributed by atoms with Gasteiger partial charge in [-0.25, -0.2) is 0 Å². The summed E-state index contributed by atoms with van der Waals surface area (Å²) in [5.41, 5.74) is 7.90. The van der Waals surface area contributed by atoms with Gasteiger partial charge in [-0.3, -0.25) is 4.79 Å². The van der Waals surface area contributed by atoms with Crippen LogP contribution in [0.1, 0.15) is 56.9 Å². The lowest BCUT2D eigenvalue weighted by Crippen LogP contribution is -2.53. The highest BCUT2D eigenvalue weighted by atomic mass is 16.2. The number of benzene rings is 1. The molecule has 1 aliphatic carbocycles. The highest BCUT2D eigenvalue weighted by Gasteiger charge is 2.41. The Morgan fingerprint density at radius 3 is 2.57 bits per heavy atom. The molecule has 4 rings (SSSR count). The van der Waals surface area contributed by atoms with Gasteiger partial charge in [-0.1, -0.05) is 49.6 Å². The lowest BCUT2D eigenvalue weighted by atomic mass is 9.83. The Balaban J connectivity index is 1.37. The summed E-state index contributed by atoms with van der Waals surface area (Å²) in [6, 6.07) is 10.9. The van der Waals surface area contributed by atoms with Crippen LogP contribution < -0.4 is 5.73 Å². The number of likely N-dealkylation sites (tertiary alicyclic amines) is 2. The van der Waals surface area contributed by atoms with Gasteiger partial charge >= 0.3 is 0 Å². The molecule has 4 heteroatoms. The third-order valence-corrected chi connectivity index (χ3v) is 7.47. The molecule has 2 aliphatic heterocycles. The van der Waals surface area contributed by atoms with Gasteiger partial charge in [0.2, 0.25) is 5.91 Å². The monoisotopic (exact) mass is 383 g/mol. The van der Waals surface area contributed by atoms with Gasteiger partial charge < -0.3 is 15.5 Å². The second-order valence-electron chi connectivity index (χ2n) is 9.25. The minimum Gasteiger partial charge on any atom is -0.337 e. The van der Waals surface area contributed by atoms with Gasteiger partial charge in [-0.2, -0.15) is 0 Å². The molecule has 1 saturated carbocycles. The van der Waals surface area contributed by atoms with Crippen molar-refractivity contribution in [2.24, 2.45) is 17.6 Å². The van der Waals surface area contributed by atoms with Crippen LogP contribution in [0.25, 0.3) is 0 Å². The van der Waals surface area contributed by atoms with Crippen molar-refractivity contribution in [1.82, 2.24) is 9.80 Å². The Kier molecular flexibility index (Phi) is 6.69. The van der Waals surface area contributed by atoms with Crippen molar-refractivity contribution < 1.29 is 4.79 Å². The summed E-state index contributed by atoms with van der Waals surface area (Å²) in [5.74, 6) is 1.31. The Bertz CT molecular complexity index is 628. The second kappa shape index (κ2) is 9.41. The van der Waals surface area contributed by atoms with Gasteiger partial charge in [-0.15, -0.1) is 0 Å². The molecule has 1 amide bonds. The molecule has 0 spiro atoms. The van der Waals surface area contributed by atoms with Crippen molar-refractivity contribution in [3.05, 3.63) is 35.9 Å². The third kappa shape index (κ3) is 4.60. The summed E-state index contributed by atoms with van der Waals surface area (Å²) in [6.07, 6.45) is 10.8. The van der Waals surface area contributed by atoms with E-state index >= 15 is 0 Å². The minimum atomic E-state index is -0.278. The van der Waals surface area contributed by atoms with Crippen LogP contribution in [0, 0.1) is 11.8 Å². The number of rotatable bonds is 5. The van der Waals surface area contributed by atoms with Crippen molar-refractivity contribution in [1.29, 1.82) is 0 Å². The first-order valence-corrected chi connectivity index (χ1v) is 11.5. The number of carbonyl (C=O) groups is 1. The van der Waals surface area contributed by atoms with Crippen molar-refractivity contribution in [3.8, 4) is 0 Å². The van der Waals surface area contributed by atoms with Gasteiger partial charge in [0, 0.05) is 25.7 Å². The van der Waals surface area contributed by atoms with E-state index in [0.717, 1.165) is 45.4 Å². The predicted molar refractivity (Wildman–Crippen MR) is 114 cm³/mol. The molecular weight excluding hydrogens is 346 g/mol. The van der Waals surface area contributed by atoms with Crippen molar-refractivity contribution in [2.75, 3.05) is 26.2 Å². The lowest BCUT2D eigenvalue weighted by Gasteiger charge is -2.35. The van der Waals surface area contributed by atoms with Crippen LogP contribution in [0.3, 0.4) is 0 Å². The van der Waals surface area contributed by atoms with Crippen molar-refractivity contribution in [2.45, 2.75) is 69.9 Å². The standard InChI is InChI=1S/C24H37N3O/c25-23(21-10-5-2-6-11-21)24(28)27-17-14-20-12-7-15-26(18-22(20)27)16-13-19-8-3-1-4-9-19/h1,3-4,8-9,20-23H,2,5-7,10-18,25H2/t20?,22-,23?/m1/s1. The van der Waals surface area contributed by atoms with Crippen LogP contribution in [0.5, 0.6) is 0 Å². The van der Waals surface area contributed by atoms with Gasteiger partial charge in [0.25, 0.3) is 0 Å². The first kappa shape index (κ1) is 19.9. The largest absolute Gasteiger partial charge is 0.337 e. The molecule has 3 aliphatic rings. The van der Waals surface area contributed by atoms with E-state index in [1.165, 1.54) is 44.1 Å². The van der Waals surface area contributed by atoms with E-state index in [-0.39, 0.29) is 11.9 Å². The maximum Gasteiger partial charge on any atom is 0.240 e. The Labute approximate surface area is 170 Å². The molecule has 1 aromatic carbocycles. The van der Waals surface area contributed by atoms with E-state index in [2.05, 4.69) is 40.1 Å². The zero-order valence-electron chi connectivity index (χ0n) is 17.3. The summed E-state index contributed by atoms with van der Waals surface area (Å²) in [7, 11) is 0. The molecular formula is C24H37N3O. The number of amides is 1. The fourth-order valence-corrected chi connectivity index (χ4v) is 5.73. The number of hydrogen-bond donors (Lipinski definition) is 1. The molecule has 0 radical (unpaired) electrons. The number of hydrogen-bond acceptors (Lipinski definition) is 3. The average molecular weight is 384 g/mol. The van der Waals surface area contributed by atoms with Crippen molar-refractivity contribution in [3.63, 3.8) is 0 Å².